The molecule has 0 spiro atoms. The number of nitrogens with two attached hydrogens (primary N) is 1. The molecule has 0 amide bonds. The van der Waals surface area contributed by atoms with Crippen molar-refractivity contribution in [2.75, 3.05) is 0 Å². The van der Waals surface area contributed by atoms with Gasteiger partial charge in [0.1, 0.15) is 0 Å². The molecule has 0 aliphatic rings. The number of nitrogens with one attached hydrogen (secondary N) is 1. The lowest BCUT2D eigenvalue weighted by atomic mass is 10.2. The van der Waals surface area contributed by atoms with Crippen LogP contribution in [0, 0.1) is 6.92 Å². The van der Waals surface area contributed by atoms with Gasteiger partial charge in [0.05, 0.1) is 11.3 Å². The van der Waals surface area contributed by atoms with Gasteiger partial charge in [-0.3, -0.25) is 4.68 Å². The lowest BCUT2D eigenvalue weighted by molar-refractivity contribution is 0.589. The van der Waals surface area contributed by atoms with Gasteiger partial charge in [0.15, 0.2) is 5.82 Å². The van der Waals surface area contributed by atoms with Gasteiger partial charge < -0.3 is 0 Å². The molecule has 8 nitrogen and oxygen atoms in total. The molecule has 0 saturated heterocycles. The van der Waals surface area contributed by atoms with Gasteiger partial charge in [-0.1, -0.05) is 0 Å². The maximum atomic E-state index is 11.0. The number of rotatable bonds is 2. The van der Waals surface area contributed by atoms with Crippen LogP contribution in [0.3, 0.4) is 0 Å². The Morgan fingerprint density at radius 2 is 2.19 bits per heavy atom. The molecule has 3 N–H and O–H groups in total. The summed E-state index contributed by atoms with van der Waals surface area (Å²) >= 11 is 0. The van der Waals surface area contributed by atoms with Crippen LogP contribution in [0.25, 0.3) is 11.4 Å². The van der Waals surface area contributed by atoms with Crippen molar-refractivity contribution in [3.63, 3.8) is 0 Å². The fraction of sp³-hybridized carbons (Fsp3) is 0.286. The lowest BCUT2D eigenvalue weighted by Gasteiger charge is -1.88. The van der Waals surface area contributed by atoms with Gasteiger partial charge in [0, 0.05) is 13.2 Å². The van der Waals surface area contributed by atoms with Crippen molar-refractivity contribution in [2.45, 2.75) is 12.1 Å². The summed E-state index contributed by atoms with van der Waals surface area (Å²) in [7, 11) is -2.10. The molecule has 0 unspecified atom stereocenters. The number of H-pyrrole nitrogens is 1. The summed E-state index contributed by atoms with van der Waals surface area (Å²) in [6.07, 6.45) is 1.70. The Labute approximate surface area is 91.5 Å². The smallest absolute Gasteiger partial charge is 0.273 e. The molecule has 0 aromatic carbocycles. The van der Waals surface area contributed by atoms with Gasteiger partial charge in [-0.2, -0.15) is 15.2 Å². The minimum Gasteiger partial charge on any atom is -0.275 e. The monoisotopic (exact) mass is 242 g/mol. The van der Waals surface area contributed by atoms with Gasteiger partial charge in [0.25, 0.3) is 15.2 Å². The zero-order valence-corrected chi connectivity index (χ0v) is 9.48. The minimum atomic E-state index is -3.85. The second-order valence-corrected chi connectivity index (χ2v) is 4.79. The van der Waals surface area contributed by atoms with Crippen LogP contribution >= 0.6 is 0 Å². The number of sulfonamides is 1. The Kier molecular flexibility index (Phi) is 2.28. The summed E-state index contributed by atoms with van der Waals surface area (Å²) in [5.74, 6) is 0.259. The third kappa shape index (κ3) is 1.82. The quantitative estimate of drug-likeness (QED) is 0.711. The number of nitrogens with zero attached hydrogens (tertiary/aromatic N) is 4. The molecule has 0 fully saturated rings. The maximum Gasteiger partial charge on any atom is 0.273 e. The number of hydrogen-bond acceptors (Lipinski definition) is 5. The van der Waals surface area contributed by atoms with Crippen LogP contribution < -0.4 is 5.14 Å². The van der Waals surface area contributed by atoms with Crippen molar-refractivity contribution in [2.24, 2.45) is 12.2 Å². The molecule has 0 bridgehead atoms. The van der Waals surface area contributed by atoms with Crippen molar-refractivity contribution in [3.05, 3.63) is 11.9 Å². The van der Waals surface area contributed by atoms with Crippen molar-refractivity contribution in [1.29, 1.82) is 0 Å². The first-order chi connectivity index (χ1) is 7.38. The van der Waals surface area contributed by atoms with Crippen molar-refractivity contribution in [3.8, 4) is 11.4 Å². The van der Waals surface area contributed by atoms with Crippen LogP contribution in [-0.4, -0.2) is 33.4 Å². The zero-order valence-electron chi connectivity index (χ0n) is 8.67. The fourth-order valence-electron chi connectivity index (χ4n) is 1.31. The Balaban J connectivity index is 2.51. The standard InChI is InChI=1S/C7H10N6O2S/c1-4-5(3-13(2)12-4)6-9-7(11-10-6)16(8,14)15/h3H,1-2H3,(H2,8,14,15)(H,9,10,11). The lowest BCUT2D eigenvalue weighted by Crippen LogP contribution is -2.13. The Bertz CT molecular complexity index is 625. The largest absolute Gasteiger partial charge is 0.275 e. The molecule has 0 aliphatic heterocycles. The van der Waals surface area contributed by atoms with Crippen molar-refractivity contribution < 1.29 is 8.42 Å². The molecule has 0 radical (unpaired) electrons. The summed E-state index contributed by atoms with van der Waals surface area (Å²) < 4.78 is 23.6. The summed E-state index contributed by atoms with van der Waals surface area (Å²) in [6, 6.07) is 0. The van der Waals surface area contributed by atoms with E-state index in [2.05, 4.69) is 20.3 Å². The average molecular weight is 242 g/mol. The van der Waals surface area contributed by atoms with Gasteiger partial charge in [-0.15, -0.1) is 0 Å². The number of aromatic nitrogens is 5. The molecule has 0 aliphatic carbocycles. The third-order valence-corrected chi connectivity index (χ3v) is 2.71. The normalized spacial score (nSPS) is 11.9. The molecule has 86 valence electrons. The molecule has 0 saturated carbocycles. The fourth-order valence-corrected chi connectivity index (χ4v) is 1.70. The van der Waals surface area contributed by atoms with E-state index in [9.17, 15) is 8.42 Å². The van der Waals surface area contributed by atoms with Crippen LogP contribution in [0.2, 0.25) is 0 Å². The molecule has 2 rings (SSSR count). The predicted molar refractivity (Wildman–Crippen MR) is 54.7 cm³/mol. The molecular formula is C7H10N6O2S. The number of aromatic amines is 1. The number of hydrogen-bond donors (Lipinski definition) is 2. The van der Waals surface area contributed by atoms with E-state index in [0.717, 1.165) is 0 Å². The van der Waals surface area contributed by atoms with Gasteiger partial charge in [0.2, 0.25) is 0 Å². The van der Waals surface area contributed by atoms with Gasteiger partial charge in [-0.05, 0) is 6.92 Å². The Hall–Kier alpha value is -1.74. The second-order valence-electron chi connectivity index (χ2n) is 3.31. The first-order valence-electron chi connectivity index (χ1n) is 4.34. The summed E-state index contributed by atoms with van der Waals surface area (Å²) in [5.41, 5.74) is 1.37. The van der Waals surface area contributed by atoms with E-state index in [1.807, 2.05) is 0 Å². The molecule has 9 heteroatoms. The van der Waals surface area contributed by atoms with Crippen LogP contribution in [0.15, 0.2) is 11.4 Å². The first kappa shape index (κ1) is 10.8. The van der Waals surface area contributed by atoms with E-state index >= 15 is 0 Å². The molecule has 2 aromatic heterocycles. The number of aryl methyl sites for hydroxylation is 2. The van der Waals surface area contributed by atoms with Crippen LogP contribution in [0.5, 0.6) is 0 Å². The highest BCUT2D eigenvalue weighted by molar-refractivity contribution is 7.89. The Morgan fingerprint density at radius 1 is 1.50 bits per heavy atom. The van der Waals surface area contributed by atoms with E-state index in [1.165, 1.54) is 0 Å². The second kappa shape index (κ2) is 3.39. The number of primary sulfonamides is 1. The van der Waals surface area contributed by atoms with Crippen molar-refractivity contribution >= 4 is 10.0 Å². The molecular weight excluding hydrogens is 232 g/mol. The van der Waals surface area contributed by atoms with Crippen molar-refractivity contribution in [1.82, 2.24) is 25.0 Å². The summed E-state index contributed by atoms with van der Waals surface area (Å²) in [6.45, 7) is 1.78. The Morgan fingerprint density at radius 3 is 2.62 bits per heavy atom. The van der Waals surface area contributed by atoms with Gasteiger partial charge in [-0.25, -0.2) is 18.7 Å². The average Bonchev–Trinajstić information content (AvgIpc) is 2.70. The molecule has 16 heavy (non-hydrogen) atoms. The summed E-state index contributed by atoms with van der Waals surface area (Å²) in [4.78, 5) is 3.79. The highest BCUT2D eigenvalue weighted by atomic mass is 32.2. The summed E-state index contributed by atoms with van der Waals surface area (Å²) in [5, 5.41) is 14.7. The van der Waals surface area contributed by atoms with Crippen LogP contribution in [-0.2, 0) is 17.1 Å². The first-order valence-corrected chi connectivity index (χ1v) is 5.88. The third-order valence-electron chi connectivity index (χ3n) is 1.99. The van der Waals surface area contributed by atoms with E-state index in [4.69, 9.17) is 5.14 Å². The predicted octanol–water partition coefficient (Wildman–Crippen LogP) is -0.839. The minimum absolute atomic E-state index is 0.259. The molecule has 0 atom stereocenters. The van der Waals surface area contributed by atoms with Gasteiger partial charge >= 0.3 is 0 Å². The topological polar surface area (TPSA) is 120 Å². The highest BCUT2D eigenvalue weighted by Crippen LogP contribution is 2.18. The van der Waals surface area contributed by atoms with Crippen LogP contribution in [0.1, 0.15) is 5.69 Å². The maximum absolute atomic E-state index is 11.0. The van der Waals surface area contributed by atoms with E-state index < -0.39 is 10.0 Å². The molecule has 2 aromatic rings. The van der Waals surface area contributed by atoms with E-state index in [-0.39, 0.29) is 11.0 Å². The van der Waals surface area contributed by atoms with Crippen LogP contribution in [0.4, 0.5) is 0 Å². The zero-order chi connectivity index (χ0) is 11.9. The SMILES string of the molecule is Cc1nn(C)cc1-c1n[nH]c(S(N)(=O)=O)n1. The van der Waals surface area contributed by atoms with E-state index in [1.54, 1.807) is 24.9 Å². The highest BCUT2D eigenvalue weighted by Gasteiger charge is 2.17. The van der Waals surface area contributed by atoms with E-state index in [0.29, 0.717) is 11.3 Å². The molecule has 2 heterocycles.